The van der Waals surface area contributed by atoms with Crippen LogP contribution in [0.3, 0.4) is 0 Å². The number of nitrogens with one attached hydrogen (secondary N) is 3. The first-order chi connectivity index (χ1) is 52.8. The van der Waals surface area contributed by atoms with Crippen LogP contribution in [0, 0.1) is 0 Å². The molecule has 0 aliphatic carbocycles. The van der Waals surface area contributed by atoms with Crippen LogP contribution in [0.5, 0.6) is 0 Å². The van der Waals surface area contributed by atoms with Crippen molar-refractivity contribution in [3.8, 4) is 0 Å². The quantitative estimate of drug-likeness (QED) is 0.0211. The molecule has 642 valence electrons. The number of allylic oxidation sites excluding steroid dienone is 1. The zero-order chi connectivity index (χ0) is 80.6. The normalized spacial score (nSPS) is 37.7. The molecule has 6 saturated heterocycles. The van der Waals surface area contributed by atoms with E-state index in [0.717, 1.165) is 71.6 Å². The molecule has 6 aliphatic heterocycles. The van der Waals surface area contributed by atoms with E-state index in [1.165, 1.54) is 89.9 Å². The molecule has 6 aliphatic rings. The molecule has 32 atom stereocenters. The highest BCUT2D eigenvalue weighted by Crippen LogP contribution is 2.37. The average molecular weight is 1590 g/mol. The van der Waals surface area contributed by atoms with Crippen molar-refractivity contribution in [3.05, 3.63) is 12.2 Å². The Labute approximate surface area is 643 Å². The first kappa shape index (κ1) is 95.8. The maximum atomic E-state index is 13.6. The van der Waals surface area contributed by atoms with E-state index in [2.05, 4.69) is 29.8 Å². The van der Waals surface area contributed by atoms with Crippen LogP contribution in [-0.4, -0.2) is 352 Å². The van der Waals surface area contributed by atoms with Crippen molar-refractivity contribution < 1.29 is 163 Å². The van der Waals surface area contributed by atoms with Gasteiger partial charge in [-0.1, -0.05) is 167 Å². The zero-order valence-electron chi connectivity index (χ0n) is 64.1. The number of ether oxygens (including phenoxy) is 12. The highest BCUT2D eigenvalue weighted by Gasteiger charge is 2.58. The van der Waals surface area contributed by atoms with Crippen molar-refractivity contribution >= 4 is 17.7 Å². The second-order valence-electron chi connectivity index (χ2n) is 30.0. The van der Waals surface area contributed by atoms with Crippen LogP contribution in [-0.2, 0) is 71.2 Å². The fourth-order valence-electron chi connectivity index (χ4n) is 14.6. The molecule has 0 aromatic rings. The molecule has 3 amide bonds. The number of hydrogen-bond acceptors (Lipinski definition) is 33. The van der Waals surface area contributed by atoms with E-state index in [4.69, 9.17) is 56.8 Å². The summed E-state index contributed by atoms with van der Waals surface area (Å²) in [5.41, 5.74) is 0. The van der Waals surface area contributed by atoms with E-state index in [0.29, 0.717) is 12.8 Å². The highest BCUT2D eigenvalue weighted by molar-refractivity contribution is 5.76. The summed E-state index contributed by atoms with van der Waals surface area (Å²) >= 11 is 0. The third kappa shape index (κ3) is 28.7. The number of aliphatic hydroxyl groups is 18. The number of rotatable bonds is 50. The minimum atomic E-state index is -2.34. The van der Waals surface area contributed by atoms with Crippen LogP contribution < -0.4 is 16.0 Å². The first-order valence-electron chi connectivity index (χ1n) is 40.0. The van der Waals surface area contributed by atoms with Gasteiger partial charge in [0, 0.05) is 20.3 Å². The second kappa shape index (κ2) is 50.5. The van der Waals surface area contributed by atoms with Crippen molar-refractivity contribution in [3.63, 3.8) is 0 Å². The Kier molecular flexibility index (Phi) is 44.0. The molecule has 0 aromatic carbocycles. The van der Waals surface area contributed by atoms with Crippen LogP contribution in [0.4, 0.5) is 0 Å². The van der Waals surface area contributed by atoms with Crippen LogP contribution in [0.1, 0.15) is 195 Å². The number of amides is 3. The molecule has 110 heavy (non-hydrogen) atoms. The average Bonchev–Trinajstić information content (AvgIpc) is 0.776. The van der Waals surface area contributed by atoms with Crippen LogP contribution in [0.25, 0.3) is 0 Å². The smallest absolute Gasteiger partial charge is 0.220 e. The fourth-order valence-corrected chi connectivity index (χ4v) is 14.6. The summed E-state index contributed by atoms with van der Waals surface area (Å²) in [6, 6.07) is -4.48. The lowest BCUT2D eigenvalue weighted by atomic mass is 9.94. The second-order valence-corrected chi connectivity index (χ2v) is 30.0. The van der Waals surface area contributed by atoms with E-state index in [-0.39, 0.29) is 12.3 Å². The zero-order valence-corrected chi connectivity index (χ0v) is 64.1. The van der Waals surface area contributed by atoms with E-state index in [1.807, 2.05) is 6.08 Å². The predicted molar refractivity (Wildman–Crippen MR) is 385 cm³/mol. The summed E-state index contributed by atoms with van der Waals surface area (Å²) in [5, 5.41) is 208. The van der Waals surface area contributed by atoms with Crippen molar-refractivity contribution in [2.45, 2.75) is 391 Å². The van der Waals surface area contributed by atoms with E-state index < -0.39 is 254 Å². The Morgan fingerprint density at radius 1 is 0.364 bits per heavy atom. The van der Waals surface area contributed by atoms with Gasteiger partial charge < -0.3 is 165 Å². The molecular weight excluding hydrogens is 1460 g/mol. The fraction of sp³-hybridized carbons (Fsp3) is 0.932. The van der Waals surface area contributed by atoms with Crippen molar-refractivity contribution in [1.29, 1.82) is 0 Å². The van der Waals surface area contributed by atoms with Gasteiger partial charge in [0.25, 0.3) is 0 Å². The maximum absolute atomic E-state index is 13.6. The van der Waals surface area contributed by atoms with Gasteiger partial charge in [-0.2, -0.15) is 0 Å². The summed E-state index contributed by atoms with van der Waals surface area (Å²) < 4.78 is 71.2. The first-order valence-corrected chi connectivity index (χ1v) is 40.0. The molecule has 36 nitrogen and oxygen atoms in total. The third-order valence-electron chi connectivity index (χ3n) is 21.2. The number of carbonyl (C=O) groups excluding carboxylic acids is 3. The molecule has 0 saturated carbocycles. The molecule has 6 fully saturated rings. The number of hydrogen-bond donors (Lipinski definition) is 21. The minimum Gasteiger partial charge on any atom is -0.394 e. The third-order valence-corrected chi connectivity index (χ3v) is 21.2. The molecule has 6 heterocycles. The molecule has 0 bridgehead atoms. The lowest BCUT2D eigenvalue weighted by molar-refractivity contribution is -0.390. The summed E-state index contributed by atoms with van der Waals surface area (Å²) in [6.45, 7) is 0.171. The Balaban J connectivity index is 1.21. The summed E-state index contributed by atoms with van der Waals surface area (Å²) in [5.74, 6) is -1.97. The van der Waals surface area contributed by atoms with E-state index in [1.54, 1.807) is 6.08 Å². The molecule has 12 unspecified atom stereocenters. The van der Waals surface area contributed by atoms with Crippen molar-refractivity contribution in [2.75, 3.05) is 46.2 Å². The van der Waals surface area contributed by atoms with Crippen LogP contribution in [0.2, 0.25) is 0 Å². The van der Waals surface area contributed by atoms with Gasteiger partial charge in [0.15, 0.2) is 37.7 Å². The Hall–Kier alpha value is -3.05. The van der Waals surface area contributed by atoms with Gasteiger partial charge in [-0.25, -0.2) is 0 Å². The lowest BCUT2D eigenvalue weighted by Gasteiger charge is -2.50. The highest BCUT2D eigenvalue weighted by atomic mass is 16.8. The van der Waals surface area contributed by atoms with Gasteiger partial charge in [-0.15, -0.1) is 0 Å². The van der Waals surface area contributed by atoms with E-state index in [9.17, 15) is 106 Å². The minimum absolute atomic E-state index is 0.144. The molecule has 0 spiro atoms. The van der Waals surface area contributed by atoms with Gasteiger partial charge in [0.2, 0.25) is 17.7 Å². The largest absolute Gasteiger partial charge is 0.394 e. The summed E-state index contributed by atoms with van der Waals surface area (Å²) in [4.78, 5) is 38.7. The van der Waals surface area contributed by atoms with Crippen LogP contribution >= 0.6 is 0 Å². The van der Waals surface area contributed by atoms with Gasteiger partial charge in [0.05, 0.1) is 58.4 Å². The topological polar surface area (TPSA) is 562 Å². The molecule has 0 aromatic heterocycles. The molecule has 36 heteroatoms. The Morgan fingerprint density at radius 2 is 0.727 bits per heavy atom. The van der Waals surface area contributed by atoms with Crippen LogP contribution in [0.15, 0.2) is 12.2 Å². The number of carbonyl (C=O) groups is 3. The van der Waals surface area contributed by atoms with Gasteiger partial charge >= 0.3 is 0 Å². The number of unbranched alkanes of at least 4 members (excludes halogenated alkanes) is 23. The lowest BCUT2D eigenvalue weighted by Crippen LogP contribution is -2.69. The maximum Gasteiger partial charge on any atom is 0.220 e. The van der Waals surface area contributed by atoms with Gasteiger partial charge in [0.1, 0.15) is 146 Å². The van der Waals surface area contributed by atoms with Gasteiger partial charge in [-0.05, 0) is 19.3 Å². The molecule has 0 radical (unpaired) electrons. The molecule has 6 rings (SSSR count). The summed E-state index contributed by atoms with van der Waals surface area (Å²) in [6.07, 6.45) is -24.5. The van der Waals surface area contributed by atoms with E-state index >= 15 is 0 Å². The predicted octanol–water partition coefficient (Wildman–Crippen LogP) is -3.20. The Bertz CT molecular complexity index is 2560. The van der Waals surface area contributed by atoms with Crippen molar-refractivity contribution in [1.82, 2.24) is 16.0 Å². The monoisotopic (exact) mass is 1590 g/mol. The van der Waals surface area contributed by atoms with Gasteiger partial charge in [-0.3, -0.25) is 14.4 Å². The SMILES string of the molecule is CCCCCCCCCCCCC/C=C/[C@@H](O)[C@H](CO[C@@H]1OC(CO)[C@@H](O[C@@H]2OC(CO[C@@H]3OC(CO)[C@@H](O[C@@H]4OC(CO)[C@H](O)[C@H](O)C4O)[C@H](O)C3NC(C)=O)[C@H](O)[C@H](O[C@H]3OC(CO)[C@H](O)[C@H](O[C@@H]4OC(CO)[C@H](O)[C@H](O)C4NC(C)=O)C3O)C2O)[C@H](O)C1O)NC(=O)CCCCCCCCCCCCCCC. The van der Waals surface area contributed by atoms with Crippen molar-refractivity contribution in [2.24, 2.45) is 0 Å². The standard InChI is InChI=1S/C74H133N3O33/c1-5-7-9-11-13-15-17-19-21-23-25-27-29-31-43(85)42(77-50(86)32-30-28-26-24-22-20-18-16-14-12-10-8-6-2)38-99-71-62(96)60(94)66(48(37-82)105-71)108-74-64(98)68(110-73-63(97)67(55(89)46(35-80)103-73)109-70-51(75-40(3)83)57(91)53(87)44(33-78)101-70)56(90)49(106-74)39-100-69-52(76-41(4)84)58(92)65(47(36-81)104-69)107-72-61(95)59(93)54(88)45(34-79)102-72/h29,31,42-49,51-74,78-82,85,87-98H,5-28,30,32-39H2,1-4H3,(H,75,83)(H,76,84)(H,77,86)/b31-29+/t42-,43+,44?,45?,46?,47?,48?,49?,51?,52?,53-,54-,55-,56-,57+,58+,59-,60+,61?,62?,63?,64?,65+,66+,67-,68-,69+,70-,71+,72-,73+,74-/m0/s1. The summed E-state index contributed by atoms with van der Waals surface area (Å²) in [7, 11) is 0. The Morgan fingerprint density at radius 3 is 1.21 bits per heavy atom. The number of aliphatic hydroxyl groups excluding tert-OH is 18. The molecular formula is C74H133N3O33. The molecule has 21 N–H and O–H groups in total.